The highest BCUT2D eigenvalue weighted by Crippen LogP contribution is 2.33. The number of hydrogen-bond acceptors (Lipinski definition) is 2. The summed E-state index contributed by atoms with van der Waals surface area (Å²) >= 11 is 0. The van der Waals surface area contributed by atoms with E-state index in [1.54, 1.807) is 6.08 Å². The van der Waals surface area contributed by atoms with Gasteiger partial charge >= 0.3 is 6.18 Å². The first-order chi connectivity index (χ1) is 9.43. The molecule has 0 aliphatic carbocycles. The first-order valence-electron chi connectivity index (χ1n) is 6.37. The first kappa shape index (κ1) is 21.2. The molecule has 1 fully saturated rings. The molecule has 126 valence electrons. The number of nitrogens with zero attached hydrogens (tertiary/aromatic N) is 1. The monoisotopic (exact) mass is 360 g/mol. The van der Waals surface area contributed by atoms with Gasteiger partial charge in [0.05, 0.1) is 11.6 Å². The van der Waals surface area contributed by atoms with Crippen molar-refractivity contribution in [1.29, 1.82) is 0 Å². The van der Waals surface area contributed by atoms with Gasteiger partial charge in [-0.2, -0.15) is 13.2 Å². The molecular formula is C14H18Cl2F4N2. The Morgan fingerprint density at radius 2 is 1.77 bits per heavy atom. The van der Waals surface area contributed by atoms with Crippen LogP contribution in [0.15, 0.2) is 30.9 Å². The van der Waals surface area contributed by atoms with Crippen LogP contribution in [0.4, 0.5) is 17.6 Å². The molecule has 1 saturated heterocycles. The highest BCUT2D eigenvalue weighted by Gasteiger charge is 2.34. The molecule has 0 spiro atoms. The van der Waals surface area contributed by atoms with Gasteiger partial charge < -0.3 is 5.32 Å². The van der Waals surface area contributed by atoms with Gasteiger partial charge in [-0.1, -0.05) is 12.1 Å². The second-order valence-electron chi connectivity index (χ2n) is 4.70. The van der Waals surface area contributed by atoms with E-state index in [0.717, 1.165) is 38.3 Å². The molecule has 0 unspecified atom stereocenters. The third kappa shape index (κ3) is 4.84. The average Bonchev–Trinajstić information content (AvgIpc) is 2.39. The summed E-state index contributed by atoms with van der Waals surface area (Å²) in [5.41, 5.74) is -0.739. The Kier molecular flexibility index (Phi) is 8.39. The molecule has 1 heterocycles. The standard InChI is InChI=1S/C14H16F4N2.2ClH/c1-2-13(20-7-5-19-6-8-20)10-3-4-11(12(15)9-10)14(16,17)18;;/h2-4,9,13,19H,1,5-8H2;2*1H/t13-;;/m1../s1. The van der Waals surface area contributed by atoms with Crippen LogP contribution in [-0.4, -0.2) is 31.1 Å². The predicted molar refractivity (Wildman–Crippen MR) is 83.3 cm³/mol. The molecule has 0 saturated carbocycles. The summed E-state index contributed by atoms with van der Waals surface area (Å²) in [6.07, 6.45) is -3.03. The molecule has 1 atom stereocenters. The number of halogens is 6. The van der Waals surface area contributed by atoms with Crippen molar-refractivity contribution in [3.05, 3.63) is 47.8 Å². The van der Waals surface area contributed by atoms with E-state index in [-0.39, 0.29) is 30.9 Å². The van der Waals surface area contributed by atoms with E-state index in [1.807, 2.05) is 0 Å². The Morgan fingerprint density at radius 1 is 1.18 bits per heavy atom. The van der Waals surface area contributed by atoms with Crippen molar-refractivity contribution in [3.8, 4) is 0 Å². The average molecular weight is 361 g/mol. The smallest absolute Gasteiger partial charge is 0.314 e. The molecule has 0 radical (unpaired) electrons. The maximum absolute atomic E-state index is 13.6. The lowest BCUT2D eigenvalue weighted by Gasteiger charge is -2.33. The largest absolute Gasteiger partial charge is 0.419 e. The molecular weight excluding hydrogens is 343 g/mol. The minimum Gasteiger partial charge on any atom is -0.314 e. The number of alkyl halides is 3. The van der Waals surface area contributed by atoms with Crippen LogP contribution in [0.25, 0.3) is 0 Å². The van der Waals surface area contributed by atoms with Crippen LogP contribution < -0.4 is 5.32 Å². The summed E-state index contributed by atoms with van der Waals surface area (Å²) in [6, 6.07) is 2.80. The topological polar surface area (TPSA) is 15.3 Å². The van der Waals surface area contributed by atoms with Crippen LogP contribution in [0.5, 0.6) is 0 Å². The lowest BCUT2D eigenvalue weighted by atomic mass is 10.0. The molecule has 0 aromatic heterocycles. The summed E-state index contributed by atoms with van der Waals surface area (Å²) in [5.74, 6) is -1.24. The molecule has 1 aromatic rings. The van der Waals surface area contributed by atoms with Crippen molar-refractivity contribution in [1.82, 2.24) is 10.2 Å². The van der Waals surface area contributed by atoms with Gasteiger partial charge in [0.1, 0.15) is 5.82 Å². The van der Waals surface area contributed by atoms with Crippen LogP contribution in [0.3, 0.4) is 0 Å². The van der Waals surface area contributed by atoms with Gasteiger partial charge in [-0.05, 0) is 17.7 Å². The number of piperazine rings is 1. The number of hydrogen-bond donors (Lipinski definition) is 1. The second kappa shape index (κ2) is 8.72. The normalized spacial score (nSPS) is 17.1. The molecule has 1 aliphatic heterocycles. The predicted octanol–water partition coefficient (Wildman–Crippen LogP) is 3.82. The van der Waals surface area contributed by atoms with Crippen molar-refractivity contribution >= 4 is 24.8 Å². The van der Waals surface area contributed by atoms with Gasteiger partial charge in [0.2, 0.25) is 0 Å². The number of benzene rings is 1. The van der Waals surface area contributed by atoms with Crippen molar-refractivity contribution < 1.29 is 17.6 Å². The zero-order valence-corrected chi connectivity index (χ0v) is 13.3. The summed E-state index contributed by atoms with van der Waals surface area (Å²) in [4.78, 5) is 2.06. The van der Waals surface area contributed by atoms with E-state index >= 15 is 0 Å². The van der Waals surface area contributed by atoms with Crippen LogP contribution in [-0.2, 0) is 6.18 Å². The van der Waals surface area contributed by atoms with Crippen LogP contribution in [0, 0.1) is 5.82 Å². The van der Waals surface area contributed by atoms with Crippen molar-refractivity contribution in [3.63, 3.8) is 0 Å². The van der Waals surface area contributed by atoms with Gasteiger partial charge in [-0.15, -0.1) is 31.4 Å². The quantitative estimate of drug-likeness (QED) is 0.651. The Hall–Kier alpha value is -0.820. The summed E-state index contributed by atoms with van der Waals surface area (Å²) in [6.45, 7) is 6.80. The van der Waals surface area contributed by atoms with Gasteiger partial charge in [0.25, 0.3) is 0 Å². The SMILES string of the molecule is C=C[C@H](c1ccc(C(F)(F)F)c(F)c1)N1CCNCC1.Cl.Cl. The van der Waals surface area contributed by atoms with Crippen LogP contribution >= 0.6 is 24.8 Å². The van der Waals surface area contributed by atoms with E-state index < -0.39 is 17.6 Å². The highest BCUT2D eigenvalue weighted by atomic mass is 35.5. The highest BCUT2D eigenvalue weighted by molar-refractivity contribution is 5.85. The molecule has 1 N–H and O–H groups in total. The van der Waals surface area contributed by atoms with Gasteiger partial charge in [-0.25, -0.2) is 4.39 Å². The van der Waals surface area contributed by atoms with E-state index in [1.165, 1.54) is 6.07 Å². The molecule has 1 aromatic carbocycles. The molecule has 2 rings (SSSR count). The van der Waals surface area contributed by atoms with E-state index in [4.69, 9.17) is 0 Å². The summed E-state index contributed by atoms with van der Waals surface area (Å²) in [7, 11) is 0. The first-order valence-corrected chi connectivity index (χ1v) is 6.37. The van der Waals surface area contributed by atoms with Gasteiger partial charge in [-0.3, -0.25) is 4.90 Å². The minimum atomic E-state index is -4.67. The van der Waals surface area contributed by atoms with Gasteiger partial charge in [0, 0.05) is 26.2 Å². The van der Waals surface area contributed by atoms with Crippen LogP contribution in [0.2, 0.25) is 0 Å². The molecule has 1 aliphatic rings. The number of rotatable bonds is 3. The maximum Gasteiger partial charge on any atom is 0.419 e. The molecule has 2 nitrogen and oxygen atoms in total. The summed E-state index contributed by atoms with van der Waals surface area (Å²) < 4.78 is 51.2. The second-order valence-corrected chi connectivity index (χ2v) is 4.70. The van der Waals surface area contributed by atoms with Crippen molar-refractivity contribution in [2.75, 3.05) is 26.2 Å². The minimum absolute atomic E-state index is 0. The third-order valence-electron chi connectivity index (χ3n) is 3.41. The van der Waals surface area contributed by atoms with Crippen molar-refractivity contribution in [2.24, 2.45) is 0 Å². The zero-order valence-electron chi connectivity index (χ0n) is 11.7. The van der Waals surface area contributed by atoms with E-state index in [2.05, 4.69) is 16.8 Å². The molecule has 8 heteroatoms. The molecule has 22 heavy (non-hydrogen) atoms. The zero-order chi connectivity index (χ0) is 14.8. The fourth-order valence-corrected chi connectivity index (χ4v) is 2.40. The number of nitrogens with one attached hydrogen (secondary N) is 1. The Labute approximate surface area is 139 Å². The van der Waals surface area contributed by atoms with Crippen molar-refractivity contribution in [2.45, 2.75) is 12.2 Å². The molecule has 0 bridgehead atoms. The fraction of sp³-hybridized carbons (Fsp3) is 0.429. The third-order valence-corrected chi connectivity index (χ3v) is 3.41. The Morgan fingerprint density at radius 3 is 2.23 bits per heavy atom. The van der Waals surface area contributed by atoms with Gasteiger partial charge in [0.15, 0.2) is 0 Å². The van der Waals surface area contributed by atoms with E-state index in [0.29, 0.717) is 5.56 Å². The maximum atomic E-state index is 13.6. The van der Waals surface area contributed by atoms with Crippen LogP contribution in [0.1, 0.15) is 17.2 Å². The Bertz CT molecular complexity index is 488. The fourth-order valence-electron chi connectivity index (χ4n) is 2.40. The summed E-state index contributed by atoms with van der Waals surface area (Å²) in [5, 5.41) is 3.19. The molecule has 0 amide bonds. The lowest BCUT2D eigenvalue weighted by molar-refractivity contribution is -0.140. The van der Waals surface area contributed by atoms with E-state index in [9.17, 15) is 17.6 Å². The Balaban J connectivity index is 0.00000220. The lowest BCUT2D eigenvalue weighted by Crippen LogP contribution is -2.44.